The summed E-state index contributed by atoms with van der Waals surface area (Å²) in [5, 5.41) is 20.9. The zero-order chi connectivity index (χ0) is 24.0. The molecule has 1 atom stereocenters. The molecule has 0 saturated carbocycles. The van der Waals surface area contributed by atoms with Crippen molar-refractivity contribution in [3.8, 4) is 11.5 Å². The first kappa shape index (κ1) is 21.8. The Morgan fingerprint density at radius 3 is 2.71 bits per heavy atom. The minimum absolute atomic E-state index is 0.00843. The maximum absolute atomic E-state index is 13.3. The molecule has 1 aromatic heterocycles. The summed E-state index contributed by atoms with van der Waals surface area (Å²) in [5.41, 5.74) is 2.99. The van der Waals surface area contributed by atoms with Crippen LogP contribution < -0.4 is 15.4 Å². The third kappa shape index (κ3) is 3.71. The van der Waals surface area contributed by atoms with Gasteiger partial charge in [-0.1, -0.05) is 38.1 Å². The zero-order valence-corrected chi connectivity index (χ0v) is 19.3. The van der Waals surface area contributed by atoms with Crippen molar-refractivity contribution in [2.24, 2.45) is 5.41 Å². The normalized spacial score (nSPS) is 18.6. The lowest BCUT2D eigenvalue weighted by Gasteiger charge is -2.39. The van der Waals surface area contributed by atoms with Crippen LogP contribution in [0.1, 0.15) is 48.7 Å². The predicted molar refractivity (Wildman–Crippen MR) is 128 cm³/mol. The topological polar surface area (TPSA) is 105 Å². The number of phenolic OH excluding ortho intramolecular Hbond substituents is 1. The van der Waals surface area contributed by atoms with Gasteiger partial charge in [-0.2, -0.15) is 5.10 Å². The van der Waals surface area contributed by atoms with E-state index in [1.54, 1.807) is 22.9 Å². The number of ketones is 1. The Bertz CT molecular complexity index is 1320. The summed E-state index contributed by atoms with van der Waals surface area (Å²) < 4.78 is 6.98. The van der Waals surface area contributed by atoms with Crippen molar-refractivity contribution in [2.45, 2.75) is 32.7 Å². The third-order valence-electron chi connectivity index (χ3n) is 6.30. The molecule has 1 unspecified atom stereocenters. The molecule has 2 heterocycles. The van der Waals surface area contributed by atoms with Crippen LogP contribution in [0, 0.1) is 5.41 Å². The average Bonchev–Trinajstić information content (AvgIpc) is 3.21. The van der Waals surface area contributed by atoms with E-state index in [9.17, 15) is 14.7 Å². The first-order valence-corrected chi connectivity index (χ1v) is 11.1. The number of phenols is 1. The molecule has 0 radical (unpaired) electrons. The SMILES string of the molecule is COc1cc(C2C3=C(CC(C)(C)CC3=O)Nc3c(C(=O)Nc4ccccc4)cnn32)ccc1O. The summed E-state index contributed by atoms with van der Waals surface area (Å²) in [5.74, 6) is 0.570. The monoisotopic (exact) mass is 458 g/mol. The Kier molecular flexibility index (Phi) is 5.16. The molecule has 1 aliphatic heterocycles. The van der Waals surface area contributed by atoms with Gasteiger partial charge in [0.15, 0.2) is 17.3 Å². The highest BCUT2D eigenvalue weighted by molar-refractivity contribution is 6.08. The first-order chi connectivity index (χ1) is 16.3. The highest BCUT2D eigenvalue weighted by Gasteiger charge is 2.42. The summed E-state index contributed by atoms with van der Waals surface area (Å²) in [6.07, 6.45) is 2.58. The number of nitrogens with one attached hydrogen (secondary N) is 2. The second-order valence-electron chi connectivity index (χ2n) is 9.46. The molecule has 5 rings (SSSR count). The number of methoxy groups -OCH3 is 1. The predicted octanol–water partition coefficient (Wildman–Crippen LogP) is 4.51. The molecule has 8 heteroatoms. The Labute approximate surface area is 197 Å². The number of hydrogen-bond acceptors (Lipinski definition) is 6. The molecule has 0 fully saturated rings. The molecule has 0 bridgehead atoms. The number of ether oxygens (including phenoxy) is 1. The number of hydrogen-bond donors (Lipinski definition) is 3. The molecule has 174 valence electrons. The van der Waals surface area contributed by atoms with E-state index in [0.717, 1.165) is 11.3 Å². The summed E-state index contributed by atoms with van der Waals surface area (Å²) in [6.45, 7) is 4.12. The van der Waals surface area contributed by atoms with Gasteiger partial charge in [0.1, 0.15) is 17.4 Å². The molecule has 1 amide bonds. The first-order valence-electron chi connectivity index (χ1n) is 11.1. The maximum atomic E-state index is 13.3. The molecule has 0 saturated heterocycles. The van der Waals surface area contributed by atoms with Gasteiger partial charge in [-0.25, -0.2) is 4.68 Å². The number of aromatic nitrogens is 2. The van der Waals surface area contributed by atoms with Gasteiger partial charge < -0.3 is 20.5 Å². The summed E-state index contributed by atoms with van der Waals surface area (Å²) in [4.78, 5) is 26.5. The number of para-hydroxylation sites is 1. The van der Waals surface area contributed by atoms with Gasteiger partial charge in [-0.15, -0.1) is 0 Å². The van der Waals surface area contributed by atoms with E-state index >= 15 is 0 Å². The van der Waals surface area contributed by atoms with Crippen LogP contribution in [0.4, 0.5) is 11.5 Å². The number of Topliss-reactive ketones (excluding diaryl/α,β-unsaturated/α-hetero) is 1. The van der Waals surface area contributed by atoms with Gasteiger partial charge in [0.2, 0.25) is 0 Å². The summed E-state index contributed by atoms with van der Waals surface area (Å²) in [6, 6.07) is 13.7. The van der Waals surface area contributed by atoms with Gasteiger partial charge in [-0.3, -0.25) is 9.59 Å². The van der Waals surface area contributed by atoms with Crippen molar-refractivity contribution >= 4 is 23.2 Å². The number of nitrogens with zero attached hydrogens (tertiary/aromatic N) is 2. The Morgan fingerprint density at radius 2 is 1.97 bits per heavy atom. The molecule has 34 heavy (non-hydrogen) atoms. The fourth-order valence-electron chi connectivity index (χ4n) is 4.77. The largest absolute Gasteiger partial charge is 0.504 e. The Morgan fingerprint density at radius 1 is 1.21 bits per heavy atom. The van der Waals surface area contributed by atoms with E-state index in [4.69, 9.17) is 4.74 Å². The Balaban J connectivity index is 1.63. The molecule has 2 aromatic carbocycles. The van der Waals surface area contributed by atoms with E-state index in [-0.39, 0.29) is 22.9 Å². The Hall–Kier alpha value is -4.07. The number of anilines is 2. The van der Waals surface area contributed by atoms with Crippen LogP contribution in [0.5, 0.6) is 11.5 Å². The quantitative estimate of drug-likeness (QED) is 0.531. The van der Waals surface area contributed by atoms with Crippen molar-refractivity contribution in [2.75, 3.05) is 17.7 Å². The summed E-state index contributed by atoms with van der Waals surface area (Å²) in [7, 11) is 1.48. The van der Waals surface area contributed by atoms with Crippen LogP contribution in [0.15, 0.2) is 66.0 Å². The molecule has 1 aliphatic carbocycles. The van der Waals surface area contributed by atoms with Crippen molar-refractivity contribution in [3.05, 3.63) is 77.1 Å². The van der Waals surface area contributed by atoms with Gasteiger partial charge in [0.25, 0.3) is 5.91 Å². The fraction of sp³-hybridized carbons (Fsp3) is 0.269. The van der Waals surface area contributed by atoms with Gasteiger partial charge >= 0.3 is 0 Å². The van der Waals surface area contributed by atoms with Crippen LogP contribution in [-0.4, -0.2) is 33.7 Å². The maximum Gasteiger partial charge on any atom is 0.261 e. The molecule has 3 aromatic rings. The second-order valence-corrected chi connectivity index (χ2v) is 9.46. The fourth-order valence-corrected chi connectivity index (χ4v) is 4.77. The van der Waals surface area contributed by atoms with Crippen molar-refractivity contribution in [3.63, 3.8) is 0 Å². The van der Waals surface area contributed by atoms with E-state index in [1.165, 1.54) is 13.3 Å². The lowest BCUT2D eigenvalue weighted by molar-refractivity contribution is -0.118. The van der Waals surface area contributed by atoms with E-state index in [2.05, 4.69) is 29.6 Å². The standard InChI is InChI=1S/C26H26N4O4/c1-26(2)12-18-22(20(32)13-26)23(15-9-10-19(31)21(11-15)34-3)30-24(29-18)17(14-27-30)25(33)28-16-7-5-4-6-8-16/h4-11,14,23,29,31H,12-13H2,1-3H3,(H,28,33). The number of allylic oxidation sites excluding steroid dienone is 2. The number of aromatic hydroxyl groups is 1. The molecule has 0 spiro atoms. The van der Waals surface area contributed by atoms with Crippen LogP contribution >= 0.6 is 0 Å². The molecule has 8 nitrogen and oxygen atoms in total. The highest BCUT2D eigenvalue weighted by Crippen LogP contribution is 2.47. The second kappa shape index (κ2) is 8.06. The van der Waals surface area contributed by atoms with Gasteiger partial charge in [0, 0.05) is 23.4 Å². The van der Waals surface area contributed by atoms with Crippen molar-refractivity contribution in [1.82, 2.24) is 9.78 Å². The number of amides is 1. The molecular weight excluding hydrogens is 432 g/mol. The number of fused-ring (bicyclic) bond motifs is 1. The minimum atomic E-state index is -0.553. The van der Waals surface area contributed by atoms with E-state index < -0.39 is 6.04 Å². The van der Waals surface area contributed by atoms with Crippen molar-refractivity contribution < 1.29 is 19.4 Å². The highest BCUT2D eigenvalue weighted by atomic mass is 16.5. The van der Waals surface area contributed by atoms with E-state index in [0.29, 0.717) is 41.2 Å². The lowest BCUT2D eigenvalue weighted by atomic mass is 9.73. The molecular formula is C26H26N4O4. The third-order valence-corrected chi connectivity index (χ3v) is 6.30. The smallest absolute Gasteiger partial charge is 0.261 e. The lowest BCUT2D eigenvalue weighted by Crippen LogP contribution is -2.37. The van der Waals surface area contributed by atoms with Gasteiger partial charge in [-0.05, 0) is 41.7 Å². The van der Waals surface area contributed by atoms with Crippen molar-refractivity contribution in [1.29, 1.82) is 0 Å². The molecule has 2 aliphatic rings. The number of benzene rings is 2. The average molecular weight is 459 g/mol. The number of carbonyl (C=O) groups excluding carboxylic acids is 2. The van der Waals surface area contributed by atoms with Crippen LogP contribution in [0.25, 0.3) is 0 Å². The zero-order valence-electron chi connectivity index (χ0n) is 19.3. The molecule has 3 N–H and O–H groups in total. The number of carbonyl (C=O) groups is 2. The van der Waals surface area contributed by atoms with Gasteiger partial charge in [0.05, 0.1) is 13.3 Å². The number of rotatable bonds is 4. The van der Waals surface area contributed by atoms with Crippen LogP contribution in [0.3, 0.4) is 0 Å². The summed E-state index contributed by atoms with van der Waals surface area (Å²) >= 11 is 0. The van der Waals surface area contributed by atoms with Crippen LogP contribution in [0.2, 0.25) is 0 Å². The minimum Gasteiger partial charge on any atom is -0.504 e. The van der Waals surface area contributed by atoms with Crippen LogP contribution in [-0.2, 0) is 4.79 Å². The van der Waals surface area contributed by atoms with E-state index in [1.807, 2.05) is 30.3 Å².